The predicted octanol–water partition coefficient (Wildman–Crippen LogP) is 3.10. The summed E-state index contributed by atoms with van der Waals surface area (Å²) in [6.07, 6.45) is 0. The van der Waals surface area contributed by atoms with Crippen LogP contribution < -0.4 is 10.6 Å². The Balaban J connectivity index is 2.02. The monoisotopic (exact) mass is 362 g/mol. The molecule has 25 heavy (non-hydrogen) atoms. The number of aliphatic imine (C=N–C) groups is 1. The number of methoxy groups -OCH3 is 1. The highest BCUT2D eigenvalue weighted by Gasteiger charge is 2.09. The summed E-state index contributed by atoms with van der Waals surface area (Å²) in [6, 6.07) is 10.6. The number of rotatable bonds is 8. The van der Waals surface area contributed by atoms with E-state index < -0.39 is 4.92 Å². The second-order valence-electron chi connectivity index (χ2n) is 5.39. The molecule has 1 atom stereocenters. The number of thiophene rings is 1. The van der Waals surface area contributed by atoms with Crippen molar-refractivity contribution < 1.29 is 9.66 Å². The zero-order valence-corrected chi connectivity index (χ0v) is 15.1. The van der Waals surface area contributed by atoms with Gasteiger partial charge in [0.15, 0.2) is 5.96 Å². The SMILES string of the molecule is COCCNC(=NCc1ccc([N+](=O)[O-])cc1)NC(C)c1cccs1. The number of nitrogens with zero attached hydrogens (tertiary/aromatic N) is 2. The summed E-state index contributed by atoms with van der Waals surface area (Å²) in [5, 5.41) is 19.3. The summed E-state index contributed by atoms with van der Waals surface area (Å²) >= 11 is 1.69. The number of ether oxygens (including phenoxy) is 1. The molecule has 1 aromatic carbocycles. The molecule has 2 rings (SSSR count). The summed E-state index contributed by atoms with van der Waals surface area (Å²) < 4.78 is 5.06. The maximum absolute atomic E-state index is 10.7. The van der Waals surface area contributed by atoms with Crippen molar-refractivity contribution in [3.05, 3.63) is 62.3 Å². The molecule has 0 fully saturated rings. The summed E-state index contributed by atoms with van der Waals surface area (Å²) in [6.45, 7) is 3.72. The molecular weight excluding hydrogens is 340 g/mol. The maximum atomic E-state index is 10.7. The Morgan fingerprint density at radius 2 is 2.12 bits per heavy atom. The first-order valence-corrected chi connectivity index (χ1v) is 8.78. The average molecular weight is 362 g/mol. The zero-order valence-electron chi connectivity index (χ0n) is 14.3. The standard InChI is InChI=1S/C17H22N4O3S/c1-13(16-4-3-11-25-16)20-17(18-9-10-24-2)19-12-14-5-7-15(8-6-14)21(22)23/h3-8,11,13H,9-10,12H2,1-2H3,(H2,18,19,20). The Kier molecular flexibility index (Phi) is 7.36. The molecular formula is C17H22N4O3S. The number of benzene rings is 1. The lowest BCUT2D eigenvalue weighted by Gasteiger charge is -2.17. The molecule has 1 aromatic heterocycles. The van der Waals surface area contributed by atoms with Gasteiger partial charge >= 0.3 is 0 Å². The highest BCUT2D eigenvalue weighted by molar-refractivity contribution is 7.10. The van der Waals surface area contributed by atoms with Crippen LogP contribution in [0.25, 0.3) is 0 Å². The molecule has 0 aliphatic heterocycles. The fourth-order valence-corrected chi connectivity index (χ4v) is 2.87. The van der Waals surface area contributed by atoms with Crippen LogP contribution in [0.5, 0.6) is 0 Å². The Morgan fingerprint density at radius 1 is 1.36 bits per heavy atom. The molecule has 0 amide bonds. The van der Waals surface area contributed by atoms with E-state index >= 15 is 0 Å². The molecule has 0 aliphatic rings. The lowest BCUT2D eigenvalue weighted by Crippen LogP contribution is -2.40. The van der Waals surface area contributed by atoms with Crippen molar-refractivity contribution in [1.82, 2.24) is 10.6 Å². The van der Waals surface area contributed by atoms with E-state index in [1.807, 2.05) is 11.4 Å². The van der Waals surface area contributed by atoms with Gasteiger partial charge in [-0.05, 0) is 23.9 Å². The molecule has 0 radical (unpaired) electrons. The van der Waals surface area contributed by atoms with Crippen LogP contribution in [-0.2, 0) is 11.3 Å². The van der Waals surface area contributed by atoms with Crippen LogP contribution in [0.4, 0.5) is 5.69 Å². The van der Waals surface area contributed by atoms with Gasteiger partial charge in [-0.3, -0.25) is 10.1 Å². The van der Waals surface area contributed by atoms with Crippen molar-refractivity contribution in [1.29, 1.82) is 0 Å². The summed E-state index contributed by atoms with van der Waals surface area (Å²) in [7, 11) is 1.65. The molecule has 0 saturated carbocycles. The fourth-order valence-electron chi connectivity index (χ4n) is 2.13. The molecule has 2 N–H and O–H groups in total. The Bertz CT molecular complexity index is 686. The van der Waals surface area contributed by atoms with Crippen molar-refractivity contribution >= 4 is 23.0 Å². The quantitative estimate of drug-likeness (QED) is 0.248. The second kappa shape index (κ2) is 9.75. The van der Waals surface area contributed by atoms with Gasteiger partial charge in [0.2, 0.25) is 0 Å². The second-order valence-corrected chi connectivity index (χ2v) is 6.37. The third-order valence-electron chi connectivity index (χ3n) is 3.49. The van der Waals surface area contributed by atoms with Crippen LogP contribution in [0.2, 0.25) is 0 Å². The zero-order chi connectivity index (χ0) is 18.1. The van der Waals surface area contributed by atoms with Crippen LogP contribution in [0, 0.1) is 10.1 Å². The molecule has 8 heteroatoms. The molecule has 0 saturated heterocycles. The van der Waals surface area contributed by atoms with E-state index in [0.29, 0.717) is 25.7 Å². The first kappa shape index (κ1) is 18.9. The Hall–Kier alpha value is -2.45. The first-order valence-electron chi connectivity index (χ1n) is 7.90. The predicted molar refractivity (Wildman–Crippen MR) is 100.0 cm³/mol. The van der Waals surface area contributed by atoms with Gasteiger partial charge < -0.3 is 15.4 Å². The number of non-ortho nitro benzene ring substituents is 1. The normalized spacial score (nSPS) is 12.6. The average Bonchev–Trinajstić information content (AvgIpc) is 3.14. The van der Waals surface area contributed by atoms with Gasteiger partial charge in [0.25, 0.3) is 5.69 Å². The maximum Gasteiger partial charge on any atom is 0.269 e. The van der Waals surface area contributed by atoms with E-state index in [1.54, 1.807) is 30.6 Å². The topological polar surface area (TPSA) is 88.8 Å². The van der Waals surface area contributed by atoms with Gasteiger partial charge in [-0.2, -0.15) is 0 Å². The van der Waals surface area contributed by atoms with Crippen molar-refractivity contribution in [2.75, 3.05) is 20.3 Å². The Morgan fingerprint density at radius 3 is 2.72 bits per heavy atom. The number of guanidine groups is 1. The van der Waals surface area contributed by atoms with E-state index in [-0.39, 0.29) is 11.7 Å². The number of hydrogen-bond donors (Lipinski definition) is 2. The van der Waals surface area contributed by atoms with Gasteiger partial charge in [0.1, 0.15) is 0 Å². The summed E-state index contributed by atoms with van der Waals surface area (Å²) in [5.74, 6) is 0.677. The van der Waals surface area contributed by atoms with Crippen LogP contribution in [0.3, 0.4) is 0 Å². The highest BCUT2D eigenvalue weighted by Crippen LogP contribution is 2.18. The van der Waals surface area contributed by atoms with E-state index in [0.717, 1.165) is 5.56 Å². The molecule has 0 aliphatic carbocycles. The number of hydrogen-bond acceptors (Lipinski definition) is 5. The number of nitrogens with one attached hydrogen (secondary N) is 2. The van der Waals surface area contributed by atoms with E-state index in [9.17, 15) is 10.1 Å². The van der Waals surface area contributed by atoms with E-state index in [1.165, 1.54) is 17.0 Å². The molecule has 0 spiro atoms. The van der Waals surface area contributed by atoms with Gasteiger partial charge in [-0.25, -0.2) is 4.99 Å². The Labute approximate surface area is 150 Å². The minimum atomic E-state index is -0.408. The number of nitro groups is 1. The smallest absolute Gasteiger partial charge is 0.269 e. The molecule has 7 nitrogen and oxygen atoms in total. The minimum Gasteiger partial charge on any atom is -0.383 e. The fraction of sp³-hybridized carbons (Fsp3) is 0.353. The molecule has 1 heterocycles. The summed E-state index contributed by atoms with van der Waals surface area (Å²) in [5.41, 5.74) is 0.984. The van der Waals surface area contributed by atoms with Gasteiger partial charge in [-0.1, -0.05) is 18.2 Å². The van der Waals surface area contributed by atoms with Crippen molar-refractivity contribution in [3.63, 3.8) is 0 Å². The minimum absolute atomic E-state index is 0.0793. The summed E-state index contributed by atoms with van der Waals surface area (Å²) in [4.78, 5) is 16.1. The molecule has 2 aromatic rings. The van der Waals surface area contributed by atoms with Crippen molar-refractivity contribution in [2.24, 2.45) is 4.99 Å². The largest absolute Gasteiger partial charge is 0.383 e. The van der Waals surface area contributed by atoms with Crippen molar-refractivity contribution in [3.8, 4) is 0 Å². The molecule has 134 valence electrons. The first-order chi connectivity index (χ1) is 12.1. The molecule has 1 unspecified atom stereocenters. The van der Waals surface area contributed by atoms with Gasteiger partial charge in [0.05, 0.1) is 24.1 Å². The van der Waals surface area contributed by atoms with Gasteiger partial charge in [-0.15, -0.1) is 11.3 Å². The highest BCUT2D eigenvalue weighted by atomic mass is 32.1. The molecule has 0 bridgehead atoms. The van der Waals surface area contributed by atoms with Crippen molar-refractivity contribution in [2.45, 2.75) is 19.5 Å². The van der Waals surface area contributed by atoms with Crippen LogP contribution >= 0.6 is 11.3 Å². The van der Waals surface area contributed by atoms with Gasteiger partial charge in [0, 0.05) is 30.7 Å². The lowest BCUT2D eigenvalue weighted by atomic mass is 10.2. The number of nitro benzene ring substituents is 1. The van der Waals surface area contributed by atoms with E-state index in [2.05, 4.69) is 28.6 Å². The third-order valence-corrected chi connectivity index (χ3v) is 4.54. The third kappa shape index (κ3) is 6.17. The van der Waals surface area contributed by atoms with Crippen LogP contribution in [-0.4, -0.2) is 31.1 Å². The van der Waals surface area contributed by atoms with Crippen LogP contribution in [0.15, 0.2) is 46.8 Å². The lowest BCUT2D eigenvalue weighted by molar-refractivity contribution is -0.384. The van der Waals surface area contributed by atoms with Crippen LogP contribution in [0.1, 0.15) is 23.4 Å². The van der Waals surface area contributed by atoms with E-state index in [4.69, 9.17) is 4.74 Å².